The van der Waals surface area contributed by atoms with Crippen LogP contribution in [0.25, 0.3) is 0 Å². The Kier molecular flexibility index (Phi) is 3.43. The number of hydrogen-bond donors (Lipinski definition) is 1. The maximum absolute atomic E-state index is 13.7. The van der Waals surface area contributed by atoms with Crippen LogP contribution in [0.1, 0.15) is 29.2 Å². The topological polar surface area (TPSA) is 24.9 Å². The minimum absolute atomic E-state index is 0.00977. The predicted octanol–water partition coefficient (Wildman–Crippen LogP) is 4.07. The average Bonchev–Trinajstić information content (AvgIpc) is 2.70. The molecule has 1 N–H and O–H groups in total. The Morgan fingerprint density at radius 1 is 1.35 bits per heavy atom. The summed E-state index contributed by atoms with van der Waals surface area (Å²) < 4.78 is 13.7. The quantitative estimate of drug-likeness (QED) is 0.888. The van der Waals surface area contributed by atoms with Crippen molar-refractivity contribution in [3.63, 3.8) is 0 Å². The fraction of sp³-hybridized carbons (Fsp3) is 0.308. The van der Waals surface area contributed by atoms with Crippen LogP contribution in [-0.4, -0.2) is 4.98 Å². The summed E-state index contributed by atoms with van der Waals surface area (Å²) in [6, 6.07) is 5.09. The normalized spacial score (nSPS) is 12.5. The van der Waals surface area contributed by atoms with Crippen LogP contribution in [0, 0.1) is 19.7 Å². The zero-order valence-corrected chi connectivity index (χ0v) is 10.9. The van der Waals surface area contributed by atoms with E-state index < -0.39 is 0 Å². The molecule has 1 unspecified atom stereocenters. The number of hydrogen-bond acceptors (Lipinski definition) is 3. The molecule has 4 heteroatoms. The van der Waals surface area contributed by atoms with Crippen molar-refractivity contribution in [2.45, 2.75) is 26.8 Å². The molecule has 0 radical (unpaired) electrons. The third-order valence-corrected chi connectivity index (χ3v) is 3.45. The van der Waals surface area contributed by atoms with Gasteiger partial charge in [-0.15, -0.1) is 11.3 Å². The summed E-state index contributed by atoms with van der Waals surface area (Å²) in [5.41, 5.74) is 2.42. The molecule has 1 heterocycles. The van der Waals surface area contributed by atoms with Crippen molar-refractivity contribution < 1.29 is 4.39 Å². The van der Waals surface area contributed by atoms with Crippen molar-refractivity contribution in [1.82, 2.24) is 4.98 Å². The number of halogens is 1. The molecule has 0 amide bonds. The maximum Gasteiger partial charge on any atom is 0.146 e. The molecule has 0 saturated carbocycles. The lowest BCUT2D eigenvalue weighted by Gasteiger charge is -2.15. The van der Waals surface area contributed by atoms with Gasteiger partial charge >= 0.3 is 0 Å². The van der Waals surface area contributed by atoms with Crippen molar-refractivity contribution in [3.05, 3.63) is 45.7 Å². The summed E-state index contributed by atoms with van der Waals surface area (Å²) in [5, 5.41) is 6.21. The molecule has 1 atom stereocenters. The lowest BCUT2D eigenvalue weighted by atomic mass is 10.1. The first-order chi connectivity index (χ1) is 8.08. The summed E-state index contributed by atoms with van der Waals surface area (Å²) in [4.78, 5) is 4.40. The summed E-state index contributed by atoms with van der Waals surface area (Å²) in [6.07, 6.45) is 0. The van der Waals surface area contributed by atoms with E-state index in [-0.39, 0.29) is 11.9 Å². The summed E-state index contributed by atoms with van der Waals surface area (Å²) in [6.45, 7) is 5.85. The number of nitrogens with one attached hydrogen (secondary N) is 1. The monoisotopic (exact) mass is 250 g/mol. The predicted molar refractivity (Wildman–Crippen MR) is 70.0 cm³/mol. The molecule has 1 aromatic carbocycles. The lowest BCUT2D eigenvalue weighted by Crippen LogP contribution is -2.09. The third kappa shape index (κ3) is 2.64. The lowest BCUT2D eigenvalue weighted by molar-refractivity contribution is 0.626. The van der Waals surface area contributed by atoms with Crippen molar-refractivity contribution in [3.8, 4) is 0 Å². The van der Waals surface area contributed by atoms with Crippen LogP contribution in [-0.2, 0) is 0 Å². The first-order valence-corrected chi connectivity index (χ1v) is 6.39. The molecule has 17 heavy (non-hydrogen) atoms. The number of rotatable bonds is 3. The van der Waals surface area contributed by atoms with Crippen molar-refractivity contribution in [2.24, 2.45) is 0 Å². The Morgan fingerprint density at radius 2 is 2.12 bits per heavy atom. The molecular weight excluding hydrogens is 235 g/mol. The minimum atomic E-state index is -0.219. The van der Waals surface area contributed by atoms with Gasteiger partial charge in [0.25, 0.3) is 0 Å². The Balaban J connectivity index is 2.21. The molecule has 2 aromatic rings. The van der Waals surface area contributed by atoms with Gasteiger partial charge in [-0.3, -0.25) is 0 Å². The average molecular weight is 250 g/mol. The Bertz CT molecular complexity index is 502. The first-order valence-electron chi connectivity index (χ1n) is 5.51. The highest BCUT2D eigenvalue weighted by molar-refractivity contribution is 7.09. The maximum atomic E-state index is 13.7. The van der Waals surface area contributed by atoms with Gasteiger partial charge in [-0.05, 0) is 32.4 Å². The Hall–Kier alpha value is -1.42. The van der Waals surface area contributed by atoms with Crippen LogP contribution in [0.4, 0.5) is 10.1 Å². The largest absolute Gasteiger partial charge is 0.374 e. The zero-order valence-electron chi connectivity index (χ0n) is 10.1. The van der Waals surface area contributed by atoms with E-state index in [9.17, 15) is 4.39 Å². The van der Waals surface area contributed by atoms with Crippen LogP contribution in [0.3, 0.4) is 0 Å². The Morgan fingerprint density at radius 3 is 2.71 bits per heavy atom. The van der Waals surface area contributed by atoms with E-state index in [0.29, 0.717) is 5.69 Å². The molecule has 1 aromatic heterocycles. The summed E-state index contributed by atoms with van der Waals surface area (Å²) >= 11 is 1.61. The van der Waals surface area contributed by atoms with Gasteiger partial charge in [0.05, 0.1) is 22.4 Å². The number of nitrogens with zero attached hydrogens (tertiary/aromatic N) is 1. The number of anilines is 1. The number of aryl methyl sites for hydroxylation is 2. The molecule has 2 nitrogen and oxygen atoms in total. The highest BCUT2D eigenvalue weighted by Gasteiger charge is 2.12. The number of thiazole rings is 1. The molecule has 0 aliphatic heterocycles. The standard InChI is InChI=1S/C13H15FN2S/c1-8-5-4-6-11(14)13(8)15-9(2)12-7-17-10(3)16-12/h4-7,9,15H,1-3H3. The SMILES string of the molecule is Cc1nc(C(C)Nc2c(C)cccc2F)cs1. The molecular formula is C13H15FN2S. The molecule has 90 valence electrons. The summed E-state index contributed by atoms with van der Waals surface area (Å²) in [5.74, 6) is -0.219. The van der Waals surface area contributed by atoms with E-state index in [2.05, 4.69) is 10.3 Å². The minimum Gasteiger partial charge on any atom is -0.374 e. The van der Waals surface area contributed by atoms with Crippen molar-refractivity contribution in [2.75, 3.05) is 5.32 Å². The van der Waals surface area contributed by atoms with E-state index >= 15 is 0 Å². The smallest absolute Gasteiger partial charge is 0.146 e. The number of benzene rings is 1. The third-order valence-electron chi connectivity index (χ3n) is 2.66. The van der Waals surface area contributed by atoms with Crippen LogP contribution in [0.5, 0.6) is 0 Å². The molecule has 0 aliphatic carbocycles. The molecule has 0 saturated heterocycles. The second-order valence-corrected chi connectivity index (χ2v) is 5.15. The molecule has 0 aliphatic rings. The second-order valence-electron chi connectivity index (χ2n) is 4.09. The summed E-state index contributed by atoms with van der Waals surface area (Å²) in [7, 11) is 0. The fourth-order valence-corrected chi connectivity index (χ4v) is 2.39. The van der Waals surface area contributed by atoms with Crippen LogP contribution in [0.2, 0.25) is 0 Å². The molecule has 0 fully saturated rings. The van der Waals surface area contributed by atoms with Crippen LogP contribution >= 0.6 is 11.3 Å². The van der Waals surface area contributed by atoms with Gasteiger partial charge < -0.3 is 5.32 Å². The van der Waals surface area contributed by atoms with Gasteiger partial charge in [0.2, 0.25) is 0 Å². The number of para-hydroxylation sites is 1. The first kappa shape index (κ1) is 12.0. The zero-order chi connectivity index (χ0) is 12.4. The Labute approximate surface area is 105 Å². The molecule has 0 spiro atoms. The highest BCUT2D eigenvalue weighted by Crippen LogP contribution is 2.25. The fourth-order valence-electron chi connectivity index (χ4n) is 1.68. The van der Waals surface area contributed by atoms with E-state index in [1.165, 1.54) is 6.07 Å². The number of aromatic nitrogens is 1. The molecule has 0 bridgehead atoms. The van der Waals surface area contributed by atoms with Crippen LogP contribution < -0.4 is 5.32 Å². The second kappa shape index (κ2) is 4.84. The van der Waals surface area contributed by atoms with Crippen LogP contribution in [0.15, 0.2) is 23.6 Å². The van der Waals surface area contributed by atoms with E-state index in [4.69, 9.17) is 0 Å². The van der Waals surface area contributed by atoms with Crippen molar-refractivity contribution >= 4 is 17.0 Å². The van der Waals surface area contributed by atoms with E-state index in [1.54, 1.807) is 17.4 Å². The van der Waals surface area contributed by atoms with Gasteiger partial charge in [0.1, 0.15) is 5.82 Å². The van der Waals surface area contributed by atoms with Gasteiger partial charge in [0, 0.05) is 5.38 Å². The van der Waals surface area contributed by atoms with Gasteiger partial charge in [-0.2, -0.15) is 0 Å². The van der Waals surface area contributed by atoms with Gasteiger partial charge in [-0.25, -0.2) is 9.37 Å². The highest BCUT2D eigenvalue weighted by atomic mass is 32.1. The van der Waals surface area contributed by atoms with Crippen molar-refractivity contribution in [1.29, 1.82) is 0 Å². The van der Waals surface area contributed by atoms with Gasteiger partial charge in [0.15, 0.2) is 0 Å². The molecule has 2 rings (SSSR count). The van der Waals surface area contributed by atoms with E-state index in [0.717, 1.165) is 16.3 Å². The van der Waals surface area contributed by atoms with E-state index in [1.807, 2.05) is 32.2 Å². The van der Waals surface area contributed by atoms with Gasteiger partial charge in [-0.1, -0.05) is 12.1 Å².